The van der Waals surface area contributed by atoms with Gasteiger partial charge in [-0.2, -0.15) is 0 Å². The minimum Gasteiger partial charge on any atom is -0.340 e. The lowest BCUT2D eigenvalue weighted by Gasteiger charge is -2.26. The van der Waals surface area contributed by atoms with Gasteiger partial charge < -0.3 is 10.6 Å². The quantitative estimate of drug-likeness (QED) is 0.842. The Hall–Kier alpha value is -0.0300. The summed E-state index contributed by atoms with van der Waals surface area (Å²) in [5, 5.41) is 0. The molecule has 0 saturated carbocycles. The van der Waals surface area contributed by atoms with Crippen molar-refractivity contribution in [2.24, 2.45) is 5.73 Å². The minimum absolute atomic E-state index is 0. The summed E-state index contributed by atoms with van der Waals surface area (Å²) >= 11 is 0. The Labute approximate surface area is 117 Å². The predicted molar refractivity (Wildman–Crippen MR) is 76.1 cm³/mol. The van der Waals surface area contributed by atoms with Crippen molar-refractivity contribution < 1.29 is 4.79 Å². The van der Waals surface area contributed by atoms with E-state index in [9.17, 15) is 4.79 Å². The number of rotatable bonds is 4. The number of carbonyl (C=O) groups excluding carboxylic acids is 1. The van der Waals surface area contributed by atoms with Gasteiger partial charge in [0.05, 0.1) is 6.04 Å². The molecule has 0 aromatic carbocycles. The second-order valence-corrected chi connectivity index (χ2v) is 4.24. The van der Waals surface area contributed by atoms with E-state index >= 15 is 0 Å². The molecule has 0 aliphatic carbocycles. The van der Waals surface area contributed by atoms with Crippen LogP contribution in [0.4, 0.5) is 0 Å². The molecule has 0 aromatic rings. The normalized spacial score (nSPS) is 20.8. The number of nitrogens with zero attached hydrogens (tertiary/aromatic N) is 2. The third kappa shape index (κ3) is 5.00. The molecule has 0 radical (unpaired) electrons. The zero-order valence-corrected chi connectivity index (χ0v) is 12.5. The molecular formula is C11H25Cl2N3O. The van der Waals surface area contributed by atoms with Gasteiger partial charge in [0.15, 0.2) is 0 Å². The molecule has 17 heavy (non-hydrogen) atoms. The van der Waals surface area contributed by atoms with E-state index in [0.29, 0.717) is 6.04 Å². The van der Waals surface area contributed by atoms with Crippen LogP contribution in [0.2, 0.25) is 0 Å². The van der Waals surface area contributed by atoms with Gasteiger partial charge in [-0.1, -0.05) is 13.8 Å². The summed E-state index contributed by atoms with van der Waals surface area (Å²) in [6, 6.07) is 0.170. The minimum atomic E-state index is -0.361. The highest BCUT2D eigenvalue weighted by Gasteiger charge is 2.29. The van der Waals surface area contributed by atoms with Crippen LogP contribution in [0, 0.1) is 0 Å². The van der Waals surface area contributed by atoms with E-state index in [1.54, 1.807) is 6.92 Å². The lowest BCUT2D eigenvalue weighted by Crippen LogP contribution is -2.43. The first-order valence-electron chi connectivity index (χ1n) is 5.88. The van der Waals surface area contributed by atoms with Gasteiger partial charge in [-0.05, 0) is 26.4 Å². The molecule has 104 valence electrons. The summed E-state index contributed by atoms with van der Waals surface area (Å²) in [6.07, 6.45) is 1.08. The van der Waals surface area contributed by atoms with Gasteiger partial charge in [-0.3, -0.25) is 9.69 Å². The van der Waals surface area contributed by atoms with Crippen LogP contribution in [0.3, 0.4) is 0 Å². The predicted octanol–water partition coefficient (Wildman–Crippen LogP) is 1.12. The van der Waals surface area contributed by atoms with E-state index in [4.69, 9.17) is 5.73 Å². The largest absolute Gasteiger partial charge is 0.340 e. The van der Waals surface area contributed by atoms with Crippen molar-refractivity contribution in [1.29, 1.82) is 0 Å². The van der Waals surface area contributed by atoms with Gasteiger partial charge in [0.2, 0.25) is 5.91 Å². The maximum absolute atomic E-state index is 11.7. The molecule has 1 rings (SSSR count). The first-order valence-corrected chi connectivity index (χ1v) is 5.88. The molecule has 0 aromatic heterocycles. The zero-order chi connectivity index (χ0) is 11.4. The Bertz CT molecular complexity index is 223. The van der Waals surface area contributed by atoms with Crippen LogP contribution in [-0.2, 0) is 4.79 Å². The lowest BCUT2D eigenvalue weighted by atomic mass is 10.2. The van der Waals surface area contributed by atoms with Crippen molar-refractivity contribution >= 4 is 30.7 Å². The van der Waals surface area contributed by atoms with Crippen LogP contribution >= 0.6 is 24.8 Å². The Morgan fingerprint density at radius 1 is 1.41 bits per heavy atom. The van der Waals surface area contributed by atoms with E-state index < -0.39 is 0 Å². The molecule has 1 saturated heterocycles. The number of amides is 1. The summed E-state index contributed by atoms with van der Waals surface area (Å²) in [5.74, 6) is 0.0876. The second-order valence-electron chi connectivity index (χ2n) is 4.24. The van der Waals surface area contributed by atoms with Crippen molar-refractivity contribution in [3.05, 3.63) is 0 Å². The first-order chi connectivity index (χ1) is 7.10. The molecule has 2 N–H and O–H groups in total. The zero-order valence-electron chi connectivity index (χ0n) is 10.9. The Kier molecular flexibility index (Phi) is 10.2. The summed E-state index contributed by atoms with van der Waals surface area (Å²) < 4.78 is 0. The third-order valence-corrected chi connectivity index (χ3v) is 3.19. The molecule has 4 nitrogen and oxygen atoms in total. The van der Waals surface area contributed by atoms with Crippen LogP contribution in [-0.4, -0.2) is 54.0 Å². The molecule has 6 heteroatoms. The fraction of sp³-hybridized carbons (Fsp3) is 0.909. The molecule has 0 spiro atoms. The summed E-state index contributed by atoms with van der Waals surface area (Å²) in [5.41, 5.74) is 5.60. The number of nitrogens with two attached hydrogens (primary N) is 1. The number of carbonyl (C=O) groups is 1. The van der Waals surface area contributed by atoms with Crippen LogP contribution in [0.15, 0.2) is 0 Å². The standard InChI is InChI=1S/C11H23N3O.2ClH/c1-4-13(5-2)10-6-7-14(8-10)11(15)9(3)12;;/h9-10H,4-8,12H2,1-3H3;2*1H. The number of likely N-dealkylation sites (tertiary alicyclic amines) is 1. The third-order valence-electron chi connectivity index (χ3n) is 3.19. The van der Waals surface area contributed by atoms with Gasteiger partial charge in [0, 0.05) is 19.1 Å². The average molecular weight is 286 g/mol. The van der Waals surface area contributed by atoms with Gasteiger partial charge in [-0.15, -0.1) is 24.8 Å². The molecule has 1 amide bonds. The number of likely N-dealkylation sites (N-methyl/N-ethyl adjacent to an activating group) is 1. The SMILES string of the molecule is CCN(CC)C1CCN(C(=O)C(C)N)C1.Cl.Cl. The Morgan fingerprint density at radius 3 is 2.35 bits per heavy atom. The fourth-order valence-corrected chi connectivity index (χ4v) is 2.27. The second kappa shape index (κ2) is 8.97. The molecule has 1 fully saturated rings. The molecule has 2 unspecified atom stereocenters. The van der Waals surface area contributed by atoms with Gasteiger partial charge in [0.25, 0.3) is 0 Å². The molecule has 2 atom stereocenters. The highest BCUT2D eigenvalue weighted by Crippen LogP contribution is 2.15. The van der Waals surface area contributed by atoms with Gasteiger partial charge >= 0.3 is 0 Å². The van der Waals surface area contributed by atoms with Gasteiger partial charge in [-0.25, -0.2) is 0 Å². The van der Waals surface area contributed by atoms with Crippen LogP contribution < -0.4 is 5.73 Å². The van der Waals surface area contributed by atoms with Crippen molar-refractivity contribution in [2.75, 3.05) is 26.2 Å². The summed E-state index contributed by atoms with van der Waals surface area (Å²) in [7, 11) is 0. The number of hydrogen-bond donors (Lipinski definition) is 1. The lowest BCUT2D eigenvalue weighted by molar-refractivity contribution is -0.131. The van der Waals surface area contributed by atoms with E-state index in [0.717, 1.165) is 32.6 Å². The van der Waals surface area contributed by atoms with Crippen molar-refractivity contribution in [3.8, 4) is 0 Å². The topological polar surface area (TPSA) is 49.6 Å². The van der Waals surface area contributed by atoms with Gasteiger partial charge in [0.1, 0.15) is 0 Å². The summed E-state index contributed by atoms with van der Waals surface area (Å²) in [4.78, 5) is 16.0. The molecular weight excluding hydrogens is 261 g/mol. The fourth-order valence-electron chi connectivity index (χ4n) is 2.27. The Morgan fingerprint density at radius 2 is 1.94 bits per heavy atom. The molecule has 1 aliphatic rings. The van der Waals surface area contributed by atoms with Crippen molar-refractivity contribution in [2.45, 2.75) is 39.3 Å². The van der Waals surface area contributed by atoms with E-state index in [1.807, 2.05) is 4.90 Å². The van der Waals surface area contributed by atoms with E-state index in [2.05, 4.69) is 18.7 Å². The number of hydrogen-bond acceptors (Lipinski definition) is 3. The highest BCUT2D eigenvalue weighted by molar-refractivity contribution is 5.85. The Balaban J connectivity index is 0. The monoisotopic (exact) mass is 285 g/mol. The van der Waals surface area contributed by atoms with E-state index in [-0.39, 0.29) is 36.8 Å². The molecule has 1 heterocycles. The van der Waals surface area contributed by atoms with Crippen LogP contribution in [0.5, 0.6) is 0 Å². The maximum Gasteiger partial charge on any atom is 0.239 e. The van der Waals surface area contributed by atoms with Crippen molar-refractivity contribution in [1.82, 2.24) is 9.80 Å². The summed E-state index contributed by atoms with van der Waals surface area (Å²) in [6.45, 7) is 9.92. The van der Waals surface area contributed by atoms with Crippen molar-refractivity contribution in [3.63, 3.8) is 0 Å². The molecule has 0 bridgehead atoms. The first kappa shape index (κ1) is 19.3. The van der Waals surface area contributed by atoms with Crippen LogP contribution in [0.25, 0.3) is 0 Å². The highest BCUT2D eigenvalue weighted by atomic mass is 35.5. The van der Waals surface area contributed by atoms with E-state index in [1.165, 1.54) is 0 Å². The number of halogens is 2. The maximum atomic E-state index is 11.7. The smallest absolute Gasteiger partial charge is 0.239 e. The van der Waals surface area contributed by atoms with Crippen LogP contribution in [0.1, 0.15) is 27.2 Å². The molecule has 1 aliphatic heterocycles. The average Bonchev–Trinajstić information content (AvgIpc) is 2.67.